The standard InChI is InChI=1S/C15H24N2O4S/c1-6-7-11(2)16-15(18)12-8-9-13(21-5)14(10-12)22(19,20)17(3)4/h8-11H,6-7H2,1-5H3,(H,16,18)/t11-/m0/s1. The Morgan fingerprint density at radius 1 is 1.36 bits per heavy atom. The molecule has 0 saturated carbocycles. The zero-order chi connectivity index (χ0) is 16.9. The van der Waals surface area contributed by atoms with E-state index in [-0.39, 0.29) is 22.6 Å². The molecule has 124 valence electrons. The molecule has 1 atom stereocenters. The van der Waals surface area contributed by atoms with Crippen molar-refractivity contribution in [3.8, 4) is 5.75 Å². The number of benzene rings is 1. The third kappa shape index (κ3) is 4.20. The molecule has 1 rings (SSSR count). The van der Waals surface area contributed by atoms with Gasteiger partial charge in [0, 0.05) is 25.7 Å². The molecule has 0 unspecified atom stereocenters. The van der Waals surface area contributed by atoms with Gasteiger partial charge in [-0.05, 0) is 31.5 Å². The zero-order valence-corrected chi connectivity index (χ0v) is 14.5. The highest BCUT2D eigenvalue weighted by molar-refractivity contribution is 7.89. The summed E-state index contributed by atoms with van der Waals surface area (Å²) in [7, 11) is 0.581. The Morgan fingerprint density at radius 2 is 2.00 bits per heavy atom. The van der Waals surface area contributed by atoms with Crippen LogP contribution < -0.4 is 10.1 Å². The average Bonchev–Trinajstić information content (AvgIpc) is 2.46. The molecule has 6 nitrogen and oxygen atoms in total. The van der Waals surface area contributed by atoms with Gasteiger partial charge in [-0.1, -0.05) is 13.3 Å². The van der Waals surface area contributed by atoms with Crippen molar-refractivity contribution in [2.75, 3.05) is 21.2 Å². The fraction of sp³-hybridized carbons (Fsp3) is 0.533. The summed E-state index contributed by atoms with van der Waals surface area (Å²) in [6, 6.07) is 4.44. The van der Waals surface area contributed by atoms with Crippen molar-refractivity contribution in [1.82, 2.24) is 9.62 Å². The van der Waals surface area contributed by atoms with Crippen LogP contribution in [-0.4, -0.2) is 45.9 Å². The summed E-state index contributed by atoms with van der Waals surface area (Å²) in [5, 5.41) is 2.85. The van der Waals surface area contributed by atoms with Crippen LogP contribution in [0.3, 0.4) is 0 Å². The average molecular weight is 328 g/mol. The van der Waals surface area contributed by atoms with E-state index in [2.05, 4.69) is 5.32 Å². The highest BCUT2D eigenvalue weighted by Gasteiger charge is 2.24. The Hall–Kier alpha value is -1.60. The molecule has 1 aromatic rings. The largest absolute Gasteiger partial charge is 0.495 e. The molecule has 0 radical (unpaired) electrons. The van der Waals surface area contributed by atoms with Crippen molar-refractivity contribution in [3.63, 3.8) is 0 Å². The zero-order valence-electron chi connectivity index (χ0n) is 13.7. The number of nitrogens with zero attached hydrogens (tertiary/aromatic N) is 1. The van der Waals surface area contributed by atoms with Gasteiger partial charge in [0.25, 0.3) is 5.91 Å². The van der Waals surface area contributed by atoms with E-state index in [1.165, 1.54) is 33.3 Å². The second-order valence-corrected chi connectivity index (χ2v) is 7.44. The van der Waals surface area contributed by atoms with Gasteiger partial charge in [0.05, 0.1) is 7.11 Å². The fourth-order valence-electron chi connectivity index (χ4n) is 2.03. The maximum Gasteiger partial charge on any atom is 0.251 e. The lowest BCUT2D eigenvalue weighted by Gasteiger charge is -2.17. The minimum absolute atomic E-state index is 0.0178. The van der Waals surface area contributed by atoms with E-state index in [1.54, 1.807) is 6.07 Å². The minimum Gasteiger partial charge on any atom is -0.495 e. The molecule has 0 aliphatic heterocycles. The molecular weight excluding hydrogens is 304 g/mol. The summed E-state index contributed by atoms with van der Waals surface area (Å²) in [4.78, 5) is 12.2. The van der Waals surface area contributed by atoms with Crippen molar-refractivity contribution < 1.29 is 17.9 Å². The molecule has 0 heterocycles. The molecule has 0 aromatic heterocycles. The van der Waals surface area contributed by atoms with Crippen LogP contribution in [0.25, 0.3) is 0 Å². The second kappa shape index (κ2) is 7.60. The fourth-order valence-corrected chi connectivity index (χ4v) is 3.10. The maximum atomic E-state index is 12.3. The molecule has 0 saturated heterocycles. The Kier molecular flexibility index (Phi) is 6.37. The molecule has 0 bridgehead atoms. The maximum absolute atomic E-state index is 12.3. The summed E-state index contributed by atoms with van der Waals surface area (Å²) in [6.07, 6.45) is 1.83. The van der Waals surface area contributed by atoms with E-state index >= 15 is 0 Å². The van der Waals surface area contributed by atoms with Crippen LogP contribution >= 0.6 is 0 Å². The third-order valence-corrected chi connectivity index (χ3v) is 5.12. The van der Waals surface area contributed by atoms with Crippen molar-refractivity contribution in [1.29, 1.82) is 0 Å². The second-order valence-electron chi connectivity index (χ2n) is 5.32. The number of nitrogens with one attached hydrogen (secondary N) is 1. The molecule has 0 fully saturated rings. The van der Waals surface area contributed by atoms with Crippen LogP contribution in [0.1, 0.15) is 37.0 Å². The van der Waals surface area contributed by atoms with Crippen molar-refractivity contribution in [2.24, 2.45) is 0 Å². The van der Waals surface area contributed by atoms with Crippen LogP contribution in [0, 0.1) is 0 Å². The van der Waals surface area contributed by atoms with Gasteiger partial charge in [0.1, 0.15) is 10.6 Å². The monoisotopic (exact) mass is 328 g/mol. The lowest BCUT2D eigenvalue weighted by atomic mass is 10.1. The van der Waals surface area contributed by atoms with Crippen molar-refractivity contribution in [3.05, 3.63) is 23.8 Å². The number of ether oxygens (including phenoxy) is 1. The normalized spacial score (nSPS) is 13.0. The Morgan fingerprint density at radius 3 is 2.50 bits per heavy atom. The summed E-state index contributed by atoms with van der Waals surface area (Å²) in [5.74, 6) is -0.0781. The highest BCUT2D eigenvalue weighted by atomic mass is 32.2. The molecule has 1 amide bonds. The molecule has 1 N–H and O–H groups in total. The first-order valence-electron chi connectivity index (χ1n) is 7.15. The van der Waals surface area contributed by atoms with Gasteiger partial charge < -0.3 is 10.1 Å². The highest BCUT2D eigenvalue weighted by Crippen LogP contribution is 2.26. The van der Waals surface area contributed by atoms with E-state index in [0.717, 1.165) is 17.1 Å². The number of sulfonamides is 1. The first-order valence-corrected chi connectivity index (χ1v) is 8.59. The molecule has 1 aromatic carbocycles. The molecule has 0 aliphatic carbocycles. The van der Waals surface area contributed by atoms with E-state index in [4.69, 9.17) is 4.74 Å². The number of amides is 1. The Labute approximate surface area is 132 Å². The molecule has 0 aliphatic rings. The van der Waals surface area contributed by atoms with Crippen molar-refractivity contribution in [2.45, 2.75) is 37.6 Å². The number of carbonyl (C=O) groups excluding carboxylic acids is 1. The molecule has 22 heavy (non-hydrogen) atoms. The lowest BCUT2D eigenvalue weighted by Crippen LogP contribution is -2.32. The van der Waals surface area contributed by atoms with Gasteiger partial charge in [-0.15, -0.1) is 0 Å². The van der Waals surface area contributed by atoms with Gasteiger partial charge in [0.15, 0.2) is 0 Å². The number of hydrogen-bond acceptors (Lipinski definition) is 4. The van der Waals surface area contributed by atoms with Crippen LogP contribution in [0.5, 0.6) is 5.75 Å². The van der Waals surface area contributed by atoms with Gasteiger partial charge in [-0.25, -0.2) is 12.7 Å². The number of methoxy groups -OCH3 is 1. The molecule has 0 spiro atoms. The molecule has 7 heteroatoms. The number of carbonyl (C=O) groups is 1. The number of hydrogen-bond donors (Lipinski definition) is 1. The Bertz CT molecular complexity index is 626. The minimum atomic E-state index is -3.69. The van der Waals surface area contributed by atoms with Gasteiger partial charge >= 0.3 is 0 Å². The topological polar surface area (TPSA) is 75.7 Å². The van der Waals surface area contributed by atoms with Crippen LogP contribution in [0.2, 0.25) is 0 Å². The van der Waals surface area contributed by atoms with Crippen LogP contribution in [0.4, 0.5) is 0 Å². The van der Waals surface area contributed by atoms with E-state index in [9.17, 15) is 13.2 Å². The first kappa shape index (κ1) is 18.4. The predicted octanol–water partition coefficient (Wildman–Crippen LogP) is 1.86. The lowest BCUT2D eigenvalue weighted by molar-refractivity contribution is 0.0938. The first-order chi connectivity index (χ1) is 10.2. The van der Waals surface area contributed by atoms with E-state index in [0.29, 0.717) is 5.56 Å². The summed E-state index contributed by atoms with van der Waals surface area (Å²) < 4.78 is 30.8. The summed E-state index contributed by atoms with van der Waals surface area (Å²) >= 11 is 0. The van der Waals surface area contributed by atoms with Crippen LogP contribution in [0.15, 0.2) is 23.1 Å². The summed E-state index contributed by atoms with van der Waals surface area (Å²) in [6.45, 7) is 3.96. The van der Waals surface area contributed by atoms with E-state index < -0.39 is 10.0 Å². The quantitative estimate of drug-likeness (QED) is 0.829. The third-order valence-electron chi connectivity index (χ3n) is 3.28. The summed E-state index contributed by atoms with van der Waals surface area (Å²) in [5.41, 5.74) is 0.296. The van der Waals surface area contributed by atoms with E-state index in [1.807, 2.05) is 13.8 Å². The van der Waals surface area contributed by atoms with Crippen molar-refractivity contribution >= 4 is 15.9 Å². The molecular formula is C15H24N2O4S. The Balaban J connectivity index is 3.18. The SMILES string of the molecule is CCC[C@H](C)NC(=O)c1ccc(OC)c(S(=O)(=O)N(C)C)c1. The smallest absolute Gasteiger partial charge is 0.251 e. The number of rotatable bonds is 7. The van der Waals surface area contributed by atoms with Gasteiger partial charge in [-0.2, -0.15) is 0 Å². The van der Waals surface area contributed by atoms with Gasteiger partial charge in [0.2, 0.25) is 10.0 Å². The predicted molar refractivity (Wildman–Crippen MR) is 85.7 cm³/mol. The van der Waals surface area contributed by atoms with Crippen LogP contribution in [-0.2, 0) is 10.0 Å². The van der Waals surface area contributed by atoms with Gasteiger partial charge in [-0.3, -0.25) is 4.79 Å².